The molecule has 2 aromatic rings. The highest BCUT2D eigenvalue weighted by atomic mass is 35.5. The number of rotatable bonds is 8. The van der Waals surface area contributed by atoms with Gasteiger partial charge < -0.3 is 10.2 Å². The zero-order valence-electron chi connectivity index (χ0n) is 15.2. The molecule has 4 nitrogen and oxygen atoms in total. The molecule has 0 bridgehead atoms. The molecule has 0 aliphatic heterocycles. The number of hydrogen-bond donors (Lipinski definition) is 1. The van der Waals surface area contributed by atoms with Crippen LogP contribution in [0.2, 0.25) is 5.02 Å². The lowest BCUT2D eigenvalue weighted by atomic mass is 10.1. The maximum absolute atomic E-state index is 13.0. The van der Waals surface area contributed by atoms with Gasteiger partial charge in [-0.3, -0.25) is 9.59 Å². The Balaban J connectivity index is 2.19. The highest BCUT2D eigenvalue weighted by Crippen LogP contribution is 2.20. The molecule has 0 aliphatic carbocycles. The van der Waals surface area contributed by atoms with E-state index >= 15 is 0 Å². The summed E-state index contributed by atoms with van der Waals surface area (Å²) >= 11 is 6.27. The topological polar surface area (TPSA) is 49.4 Å². The van der Waals surface area contributed by atoms with Crippen molar-refractivity contribution in [2.45, 2.75) is 38.8 Å². The molecule has 0 radical (unpaired) electrons. The number of halogens is 1. The van der Waals surface area contributed by atoms with E-state index in [0.717, 1.165) is 11.1 Å². The predicted octanol–water partition coefficient (Wildman–Crippen LogP) is 3.83. The molecule has 0 saturated carbocycles. The number of likely N-dealkylation sites (N-methyl/N-ethyl adjacent to an activating group) is 1. The number of aryl methyl sites for hydroxylation is 1. The van der Waals surface area contributed by atoms with E-state index in [-0.39, 0.29) is 11.8 Å². The molecule has 1 unspecified atom stereocenters. The summed E-state index contributed by atoms with van der Waals surface area (Å²) < 4.78 is 0. The Morgan fingerprint density at radius 3 is 2.35 bits per heavy atom. The first-order valence-electron chi connectivity index (χ1n) is 8.85. The van der Waals surface area contributed by atoms with E-state index < -0.39 is 6.04 Å². The summed E-state index contributed by atoms with van der Waals surface area (Å²) in [7, 11) is 1.59. The first-order chi connectivity index (χ1) is 12.6. The molecule has 26 heavy (non-hydrogen) atoms. The Morgan fingerprint density at radius 2 is 1.73 bits per heavy atom. The molecule has 0 saturated heterocycles. The lowest BCUT2D eigenvalue weighted by molar-refractivity contribution is -0.141. The van der Waals surface area contributed by atoms with Crippen LogP contribution in [0.3, 0.4) is 0 Å². The smallest absolute Gasteiger partial charge is 0.242 e. The Bertz CT molecular complexity index is 734. The quantitative estimate of drug-likeness (QED) is 0.765. The molecular weight excluding hydrogens is 348 g/mol. The normalized spacial score (nSPS) is 11.7. The summed E-state index contributed by atoms with van der Waals surface area (Å²) in [5.41, 5.74) is 1.94. The molecule has 2 aromatic carbocycles. The number of carbonyl (C=O) groups is 2. The lowest BCUT2D eigenvalue weighted by Gasteiger charge is -2.30. The van der Waals surface area contributed by atoms with E-state index in [0.29, 0.717) is 30.8 Å². The van der Waals surface area contributed by atoms with Crippen molar-refractivity contribution < 1.29 is 9.59 Å². The van der Waals surface area contributed by atoms with Crippen LogP contribution in [0.1, 0.15) is 30.9 Å². The highest BCUT2D eigenvalue weighted by molar-refractivity contribution is 6.31. The van der Waals surface area contributed by atoms with E-state index in [9.17, 15) is 9.59 Å². The van der Waals surface area contributed by atoms with Crippen LogP contribution in [0.4, 0.5) is 0 Å². The van der Waals surface area contributed by atoms with Gasteiger partial charge in [0.15, 0.2) is 0 Å². The summed E-state index contributed by atoms with van der Waals surface area (Å²) in [6.45, 7) is 2.23. The van der Waals surface area contributed by atoms with Crippen molar-refractivity contribution in [2.75, 3.05) is 7.05 Å². The largest absolute Gasteiger partial charge is 0.357 e. The van der Waals surface area contributed by atoms with Gasteiger partial charge in [-0.15, -0.1) is 0 Å². The molecule has 0 fully saturated rings. The second-order valence-electron chi connectivity index (χ2n) is 6.14. The Hall–Kier alpha value is -2.33. The van der Waals surface area contributed by atoms with Gasteiger partial charge in [-0.1, -0.05) is 67.1 Å². The molecule has 0 spiro atoms. The van der Waals surface area contributed by atoms with E-state index in [1.54, 1.807) is 18.0 Å². The fourth-order valence-corrected chi connectivity index (χ4v) is 3.13. The first kappa shape index (κ1) is 20.0. The molecule has 5 heteroatoms. The van der Waals surface area contributed by atoms with Gasteiger partial charge in [0.25, 0.3) is 0 Å². The van der Waals surface area contributed by atoms with Crippen LogP contribution < -0.4 is 5.32 Å². The lowest BCUT2D eigenvalue weighted by Crippen LogP contribution is -2.48. The standard InChI is InChI=1S/C21H25ClN2O2/c1-3-19(21(26)23-2)24(15-17-11-7-8-12-18(17)22)20(25)14-13-16-9-5-4-6-10-16/h4-12,19H,3,13-15H2,1-2H3,(H,23,26). The second kappa shape index (κ2) is 9.97. The van der Waals surface area contributed by atoms with Crippen LogP contribution in [0, 0.1) is 0 Å². The van der Waals surface area contributed by atoms with Crippen LogP contribution >= 0.6 is 11.6 Å². The third-order valence-corrected chi connectivity index (χ3v) is 4.77. The minimum absolute atomic E-state index is 0.0516. The van der Waals surface area contributed by atoms with Crippen molar-refractivity contribution in [2.24, 2.45) is 0 Å². The Kier molecular flexibility index (Phi) is 7.67. The molecule has 1 atom stereocenters. The highest BCUT2D eigenvalue weighted by Gasteiger charge is 2.28. The first-order valence-corrected chi connectivity index (χ1v) is 9.23. The maximum atomic E-state index is 13.0. The summed E-state index contributed by atoms with van der Waals surface area (Å²) in [5.74, 6) is -0.211. The number of benzene rings is 2. The fourth-order valence-electron chi connectivity index (χ4n) is 2.94. The Labute approximate surface area is 160 Å². The second-order valence-corrected chi connectivity index (χ2v) is 6.54. The number of hydrogen-bond acceptors (Lipinski definition) is 2. The zero-order chi connectivity index (χ0) is 18.9. The molecule has 0 heterocycles. The summed E-state index contributed by atoms with van der Waals surface area (Å²) in [6, 6.07) is 16.8. The van der Waals surface area contributed by atoms with Crippen molar-refractivity contribution in [3.63, 3.8) is 0 Å². The third-order valence-electron chi connectivity index (χ3n) is 4.40. The van der Waals surface area contributed by atoms with Gasteiger partial charge in [0.05, 0.1) is 0 Å². The van der Waals surface area contributed by atoms with Crippen LogP contribution in [-0.4, -0.2) is 29.8 Å². The minimum Gasteiger partial charge on any atom is -0.357 e. The van der Waals surface area contributed by atoms with Gasteiger partial charge in [-0.25, -0.2) is 0 Å². The summed E-state index contributed by atoms with van der Waals surface area (Å²) in [4.78, 5) is 26.9. The van der Waals surface area contributed by atoms with E-state index in [1.807, 2.05) is 55.5 Å². The summed E-state index contributed by atoms with van der Waals surface area (Å²) in [6.07, 6.45) is 1.53. The van der Waals surface area contributed by atoms with E-state index in [1.165, 1.54) is 0 Å². The van der Waals surface area contributed by atoms with Gasteiger partial charge in [-0.2, -0.15) is 0 Å². The summed E-state index contributed by atoms with van der Waals surface area (Å²) in [5, 5.41) is 3.26. The minimum atomic E-state index is -0.514. The Morgan fingerprint density at radius 1 is 1.08 bits per heavy atom. The third kappa shape index (κ3) is 5.33. The molecule has 1 N–H and O–H groups in total. The van der Waals surface area contributed by atoms with Gasteiger partial charge in [0.2, 0.25) is 11.8 Å². The average Bonchev–Trinajstić information content (AvgIpc) is 2.67. The average molecular weight is 373 g/mol. The van der Waals surface area contributed by atoms with Crippen molar-refractivity contribution in [1.82, 2.24) is 10.2 Å². The van der Waals surface area contributed by atoms with Gasteiger partial charge >= 0.3 is 0 Å². The molecular formula is C21H25ClN2O2. The fraction of sp³-hybridized carbons (Fsp3) is 0.333. The van der Waals surface area contributed by atoms with Crippen LogP contribution in [0.25, 0.3) is 0 Å². The number of amides is 2. The van der Waals surface area contributed by atoms with Crippen molar-refractivity contribution >= 4 is 23.4 Å². The molecule has 0 aromatic heterocycles. The van der Waals surface area contributed by atoms with Gasteiger partial charge in [0.1, 0.15) is 6.04 Å². The van der Waals surface area contributed by atoms with Crippen molar-refractivity contribution in [3.05, 3.63) is 70.7 Å². The van der Waals surface area contributed by atoms with Gasteiger partial charge in [0, 0.05) is 25.0 Å². The van der Waals surface area contributed by atoms with E-state index in [2.05, 4.69) is 5.32 Å². The number of carbonyl (C=O) groups excluding carboxylic acids is 2. The number of nitrogens with one attached hydrogen (secondary N) is 1. The van der Waals surface area contributed by atoms with Crippen LogP contribution in [0.5, 0.6) is 0 Å². The SMILES string of the molecule is CCC(C(=O)NC)N(Cc1ccccc1Cl)C(=O)CCc1ccccc1. The van der Waals surface area contributed by atoms with Crippen molar-refractivity contribution in [1.29, 1.82) is 0 Å². The molecule has 138 valence electrons. The van der Waals surface area contributed by atoms with Gasteiger partial charge in [-0.05, 0) is 30.0 Å². The van der Waals surface area contributed by atoms with Crippen molar-refractivity contribution in [3.8, 4) is 0 Å². The van der Waals surface area contributed by atoms with E-state index in [4.69, 9.17) is 11.6 Å². The molecule has 2 amide bonds. The molecule has 2 rings (SSSR count). The predicted molar refractivity (Wildman–Crippen MR) is 105 cm³/mol. The van der Waals surface area contributed by atoms with Crippen LogP contribution in [-0.2, 0) is 22.6 Å². The number of nitrogens with zero attached hydrogens (tertiary/aromatic N) is 1. The van der Waals surface area contributed by atoms with Crippen LogP contribution in [0.15, 0.2) is 54.6 Å². The zero-order valence-corrected chi connectivity index (χ0v) is 16.0. The monoisotopic (exact) mass is 372 g/mol. The molecule has 0 aliphatic rings. The maximum Gasteiger partial charge on any atom is 0.242 e.